The lowest BCUT2D eigenvalue weighted by atomic mass is 9.96. The molecule has 0 bridgehead atoms. The summed E-state index contributed by atoms with van der Waals surface area (Å²) in [5, 5.41) is 1.06. The second kappa shape index (κ2) is 12.0. The van der Waals surface area contributed by atoms with Crippen LogP contribution in [0.25, 0.3) is 10.9 Å². The lowest BCUT2D eigenvalue weighted by molar-refractivity contribution is -0.149. The van der Waals surface area contributed by atoms with Crippen molar-refractivity contribution in [1.82, 2.24) is 14.8 Å². The Balaban J connectivity index is 1.21. The van der Waals surface area contributed by atoms with Gasteiger partial charge >= 0.3 is 5.97 Å². The Bertz CT molecular complexity index is 1250. The maximum Gasteiger partial charge on any atom is 0.303 e. The van der Waals surface area contributed by atoms with Gasteiger partial charge in [0.15, 0.2) is 0 Å². The molecule has 37 heavy (non-hydrogen) atoms. The number of hydrogen-bond acceptors (Lipinski definition) is 6. The normalized spacial score (nSPS) is 15.5. The van der Waals surface area contributed by atoms with Crippen LogP contribution in [0.4, 0.5) is 0 Å². The molecular formula is C31H33N3O3. The van der Waals surface area contributed by atoms with E-state index in [4.69, 9.17) is 9.47 Å². The average molecular weight is 496 g/mol. The minimum absolute atomic E-state index is 0.219. The summed E-state index contributed by atoms with van der Waals surface area (Å²) in [6.45, 7) is 5.97. The Hall–Kier alpha value is -3.74. The van der Waals surface area contributed by atoms with Gasteiger partial charge in [0, 0.05) is 51.1 Å². The molecule has 0 spiro atoms. The summed E-state index contributed by atoms with van der Waals surface area (Å²) >= 11 is 0. The maximum atomic E-state index is 11.8. The quantitative estimate of drug-likeness (QED) is 0.306. The molecule has 2 heterocycles. The molecule has 1 atom stereocenters. The Morgan fingerprint density at radius 3 is 2.08 bits per heavy atom. The summed E-state index contributed by atoms with van der Waals surface area (Å²) in [6, 6.07) is 33.4. The van der Waals surface area contributed by atoms with E-state index in [-0.39, 0.29) is 24.7 Å². The molecule has 1 saturated heterocycles. The third-order valence-corrected chi connectivity index (χ3v) is 6.79. The van der Waals surface area contributed by atoms with E-state index in [9.17, 15) is 4.79 Å². The molecule has 0 radical (unpaired) electrons. The molecule has 1 aromatic heterocycles. The van der Waals surface area contributed by atoms with Gasteiger partial charge in [-0.1, -0.05) is 78.9 Å². The van der Waals surface area contributed by atoms with E-state index in [1.807, 2.05) is 36.4 Å². The Labute approximate surface area is 218 Å². The van der Waals surface area contributed by atoms with Crippen molar-refractivity contribution >= 4 is 16.9 Å². The first-order chi connectivity index (χ1) is 18.2. The molecule has 1 unspecified atom stereocenters. The Morgan fingerprint density at radius 2 is 1.43 bits per heavy atom. The van der Waals surface area contributed by atoms with Crippen LogP contribution in [0.3, 0.4) is 0 Å². The monoisotopic (exact) mass is 495 g/mol. The first-order valence-corrected chi connectivity index (χ1v) is 12.9. The molecule has 6 nitrogen and oxygen atoms in total. The topological polar surface area (TPSA) is 54.9 Å². The van der Waals surface area contributed by atoms with Crippen LogP contribution in [-0.4, -0.2) is 66.2 Å². The number of piperazine rings is 1. The average Bonchev–Trinajstić information content (AvgIpc) is 2.94. The van der Waals surface area contributed by atoms with E-state index in [2.05, 4.69) is 75.4 Å². The SMILES string of the molecule is CC(=O)OC(COc1ccc2ccccc2n1)CN1CCN(C(c2ccccc2)c2ccccc2)CC1. The molecule has 0 amide bonds. The second-order valence-electron chi connectivity index (χ2n) is 9.45. The standard InChI is InChI=1S/C31H33N3O3/c1-24(35)37-28(23-36-30-17-16-25-10-8-9-15-29(25)32-30)22-33-18-20-34(21-19-33)31(26-11-4-2-5-12-26)27-13-6-3-7-14-27/h2-17,28,31H,18-23H2,1H3. The summed E-state index contributed by atoms with van der Waals surface area (Å²) in [7, 11) is 0. The van der Waals surface area contributed by atoms with Crippen LogP contribution in [-0.2, 0) is 9.53 Å². The van der Waals surface area contributed by atoms with Crippen molar-refractivity contribution in [3.05, 3.63) is 108 Å². The number of pyridine rings is 1. The van der Waals surface area contributed by atoms with E-state index >= 15 is 0 Å². The molecule has 1 aliphatic rings. The molecule has 0 aliphatic carbocycles. The highest BCUT2D eigenvalue weighted by Crippen LogP contribution is 2.29. The van der Waals surface area contributed by atoms with Crippen molar-refractivity contribution in [2.45, 2.75) is 19.1 Å². The van der Waals surface area contributed by atoms with Gasteiger partial charge in [-0.2, -0.15) is 0 Å². The van der Waals surface area contributed by atoms with Gasteiger partial charge in [0.2, 0.25) is 5.88 Å². The fourth-order valence-corrected chi connectivity index (χ4v) is 5.04. The van der Waals surface area contributed by atoms with E-state index in [1.54, 1.807) is 0 Å². The van der Waals surface area contributed by atoms with Gasteiger partial charge in [0.1, 0.15) is 12.7 Å². The van der Waals surface area contributed by atoms with Crippen LogP contribution in [0.15, 0.2) is 97.1 Å². The smallest absolute Gasteiger partial charge is 0.303 e. The zero-order valence-corrected chi connectivity index (χ0v) is 21.2. The zero-order valence-electron chi connectivity index (χ0n) is 21.2. The lowest BCUT2D eigenvalue weighted by Gasteiger charge is -2.40. The van der Waals surface area contributed by atoms with Crippen molar-refractivity contribution in [3.8, 4) is 5.88 Å². The number of esters is 1. The van der Waals surface area contributed by atoms with Crippen LogP contribution in [0.5, 0.6) is 5.88 Å². The van der Waals surface area contributed by atoms with E-state index in [0.29, 0.717) is 12.4 Å². The minimum atomic E-state index is -0.364. The summed E-state index contributed by atoms with van der Waals surface area (Å²) in [5.41, 5.74) is 3.49. The van der Waals surface area contributed by atoms with E-state index in [1.165, 1.54) is 18.1 Å². The molecule has 3 aromatic carbocycles. The number of fused-ring (bicyclic) bond motifs is 1. The lowest BCUT2D eigenvalue weighted by Crippen LogP contribution is -2.50. The van der Waals surface area contributed by atoms with Crippen LogP contribution >= 0.6 is 0 Å². The summed E-state index contributed by atoms with van der Waals surface area (Å²) in [4.78, 5) is 21.3. The molecule has 1 aliphatic heterocycles. The highest BCUT2D eigenvalue weighted by atomic mass is 16.6. The number of rotatable bonds is 9. The number of carbonyl (C=O) groups is 1. The van der Waals surface area contributed by atoms with Crippen LogP contribution in [0.1, 0.15) is 24.1 Å². The van der Waals surface area contributed by atoms with Crippen molar-refractivity contribution < 1.29 is 14.3 Å². The molecule has 6 heteroatoms. The third kappa shape index (κ3) is 6.53. The van der Waals surface area contributed by atoms with Gasteiger partial charge in [-0.3, -0.25) is 14.6 Å². The molecule has 0 N–H and O–H groups in total. The second-order valence-corrected chi connectivity index (χ2v) is 9.45. The molecular weight excluding hydrogens is 462 g/mol. The fraction of sp³-hybridized carbons (Fsp3) is 0.290. The molecule has 0 saturated carbocycles. The molecule has 5 rings (SSSR count). The van der Waals surface area contributed by atoms with Crippen LogP contribution in [0.2, 0.25) is 0 Å². The Kier molecular flexibility index (Phi) is 8.08. The van der Waals surface area contributed by atoms with Gasteiger partial charge in [-0.05, 0) is 23.3 Å². The van der Waals surface area contributed by atoms with Crippen molar-refractivity contribution in [1.29, 1.82) is 0 Å². The number of carbonyl (C=O) groups excluding carboxylic acids is 1. The highest BCUT2D eigenvalue weighted by molar-refractivity contribution is 5.78. The maximum absolute atomic E-state index is 11.8. The third-order valence-electron chi connectivity index (χ3n) is 6.79. The zero-order chi connectivity index (χ0) is 25.5. The van der Waals surface area contributed by atoms with Crippen molar-refractivity contribution in [2.75, 3.05) is 39.3 Å². The van der Waals surface area contributed by atoms with Crippen molar-refractivity contribution in [2.24, 2.45) is 0 Å². The first-order valence-electron chi connectivity index (χ1n) is 12.9. The predicted octanol–water partition coefficient (Wildman–Crippen LogP) is 4.95. The number of para-hydroxylation sites is 1. The number of aromatic nitrogens is 1. The van der Waals surface area contributed by atoms with Gasteiger partial charge in [-0.25, -0.2) is 4.98 Å². The number of ether oxygens (including phenoxy) is 2. The van der Waals surface area contributed by atoms with Gasteiger partial charge in [0.05, 0.1) is 11.6 Å². The minimum Gasteiger partial charge on any atom is -0.474 e. The summed E-state index contributed by atoms with van der Waals surface area (Å²) in [6.07, 6.45) is -0.364. The van der Waals surface area contributed by atoms with Gasteiger partial charge < -0.3 is 9.47 Å². The van der Waals surface area contributed by atoms with Crippen LogP contribution in [0, 0.1) is 0 Å². The largest absolute Gasteiger partial charge is 0.474 e. The summed E-state index contributed by atoms with van der Waals surface area (Å²) in [5.74, 6) is 0.237. The summed E-state index contributed by atoms with van der Waals surface area (Å²) < 4.78 is 11.6. The number of benzene rings is 3. The van der Waals surface area contributed by atoms with Crippen molar-refractivity contribution in [3.63, 3.8) is 0 Å². The molecule has 1 fully saturated rings. The highest BCUT2D eigenvalue weighted by Gasteiger charge is 2.28. The van der Waals surface area contributed by atoms with Gasteiger partial charge in [-0.15, -0.1) is 0 Å². The molecule has 4 aromatic rings. The fourth-order valence-electron chi connectivity index (χ4n) is 5.04. The Morgan fingerprint density at radius 1 is 0.811 bits per heavy atom. The number of nitrogens with zero attached hydrogens (tertiary/aromatic N) is 3. The van der Waals surface area contributed by atoms with E-state index in [0.717, 1.165) is 37.1 Å². The predicted molar refractivity (Wildman–Crippen MR) is 146 cm³/mol. The van der Waals surface area contributed by atoms with Gasteiger partial charge in [0.25, 0.3) is 0 Å². The van der Waals surface area contributed by atoms with E-state index < -0.39 is 0 Å². The number of hydrogen-bond donors (Lipinski definition) is 0. The molecule has 190 valence electrons. The van der Waals surface area contributed by atoms with Crippen LogP contribution < -0.4 is 4.74 Å². The first kappa shape index (κ1) is 24.9.